The second kappa shape index (κ2) is 6.15. The molecule has 4 nitrogen and oxygen atoms in total. The van der Waals surface area contributed by atoms with Crippen molar-refractivity contribution in [2.45, 2.75) is 71.3 Å². The summed E-state index contributed by atoms with van der Waals surface area (Å²) in [6, 6.07) is 4.10. The first-order valence-corrected chi connectivity index (χ1v) is 9.10. The second-order valence-electron chi connectivity index (χ2n) is 8.64. The molecule has 0 bridgehead atoms. The number of rotatable bonds is 3. The summed E-state index contributed by atoms with van der Waals surface area (Å²) >= 11 is 0. The van der Waals surface area contributed by atoms with Gasteiger partial charge in [-0.3, -0.25) is 4.79 Å². The molecule has 0 saturated heterocycles. The van der Waals surface area contributed by atoms with E-state index in [2.05, 4.69) is 26.8 Å². The Morgan fingerprint density at radius 1 is 1.24 bits per heavy atom. The molecule has 1 unspecified atom stereocenters. The van der Waals surface area contributed by atoms with Crippen molar-refractivity contribution in [3.63, 3.8) is 0 Å². The van der Waals surface area contributed by atoms with Crippen LogP contribution in [0.1, 0.15) is 86.3 Å². The summed E-state index contributed by atoms with van der Waals surface area (Å²) in [5.74, 6) is -1.11. The van der Waals surface area contributed by atoms with Crippen molar-refractivity contribution in [1.29, 1.82) is 0 Å². The van der Waals surface area contributed by atoms with Crippen molar-refractivity contribution in [1.82, 2.24) is 0 Å². The molecule has 3 rings (SSSR count). The van der Waals surface area contributed by atoms with Gasteiger partial charge in [0.2, 0.25) is 0 Å². The fraction of sp³-hybridized carbons (Fsp3) is 0.619. The molecule has 2 aliphatic rings. The van der Waals surface area contributed by atoms with Gasteiger partial charge in [-0.25, -0.2) is 4.79 Å². The van der Waals surface area contributed by atoms with E-state index in [0.29, 0.717) is 5.56 Å². The number of methoxy groups -OCH3 is 1. The maximum absolute atomic E-state index is 12.4. The van der Waals surface area contributed by atoms with Gasteiger partial charge >= 0.3 is 11.9 Å². The van der Waals surface area contributed by atoms with Crippen LogP contribution in [0.5, 0.6) is 0 Å². The van der Waals surface area contributed by atoms with Crippen LogP contribution in [-0.2, 0) is 26.3 Å². The zero-order valence-corrected chi connectivity index (χ0v) is 15.9. The molecule has 1 saturated carbocycles. The third kappa shape index (κ3) is 3.07. The Bertz CT molecular complexity index is 719. The van der Waals surface area contributed by atoms with E-state index in [1.807, 2.05) is 13.0 Å². The molecule has 1 aliphatic heterocycles. The predicted octanol–water partition coefficient (Wildman–Crippen LogP) is 4.49. The van der Waals surface area contributed by atoms with Crippen LogP contribution in [0.4, 0.5) is 0 Å². The smallest absolute Gasteiger partial charge is 0.339 e. The van der Waals surface area contributed by atoms with E-state index in [0.717, 1.165) is 36.0 Å². The number of hydrogen-bond donors (Lipinski definition) is 0. The predicted molar refractivity (Wildman–Crippen MR) is 95.6 cm³/mol. The minimum absolute atomic E-state index is 0.0583. The standard InChI is InChI=1S/C21H28O4/c1-13(18(22)24-5)16-15(8-7-14-11-25-19(23)17(14)16)21(4)10-6-9-20(2,3)12-21/h7-8,13H,6,9-12H2,1-5H3/t13?,21-/m1/s1. The van der Waals surface area contributed by atoms with Crippen molar-refractivity contribution < 1.29 is 19.1 Å². The lowest BCUT2D eigenvalue weighted by Crippen LogP contribution is -2.36. The molecule has 4 heteroatoms. The second-order valence-corrected chi connectivity index (χ2v) is 8.64. The maximum atomic E-state index is 12.4. The van der Waals surface area contributed by atoms with Crippen LogP contribution < -0.4 is 0 Å². The zero-order valence-electron chi connectivity index (χ0n) is 15.9. The summed E-state index contributed by atoms with van der Waals surface area (Å²) < 4.78 is 10.2. The molecule has 1 heterocycles. The van der Waals surface area contributed by atoms with Crippen LogP contribution in [0.15, 0.2) is 12.1 Å². The van der Waals surface area contributed by atoms with Gasteiger partial charge < -0.3 is 9.47 Å². The highest BCUT2D eigenvalue weighted by molar-refractivity contribution is 5.97. The number of fused-ring (bicyclic) bond motifs is 1. The highest BCUT2D eigenvalue weighted by Gasteiger charge is 2.42. The minimum Gasteiger partial charge on any atom is -0.469 e. The third-order valence-corrected chi connectivity index (χ3v) is 5.98. The highest BCUT2D eigenvalue weighted by atomic mass is 16.5. The molecule has 1 aromatic rings. The molecule has 1 aromatic carbocycles. The highest BCUT2D eigenvalue weighted by Crippen LogP contribution is 2.50. The third-order valence-electron chi connectivity index (χ3n) is 5.98. The largest absolute Gasteiger partial charge is 0.469 e. The Morgan fingerprint density at radius 3 is 2.60 bits per heavy atom. The lowest BCUT2D eigenvalue weighted by atomic mass is 9.60. The molecule has 136 valence electrons. The van der Waals surface area contributed by atoms with Crippen molar-refractivity contribution in [3.05, 3.63) is 34.4 Å². The summed E-state index contributed by atoms with van der Waals surface area (Å²) in [5.41, 5.74) is 3.57. The summed E-state index contributed by atoms with van der Waals surface area (Å²) in [6.45, 7) is 8.99. The number of esters is 2. The number of ether oxygens (including phenoxy) is 2. The summed E-state index contributed by atoms with van der Waals surface area (Å²) in [4.78, 5) is 24.7. The first-order valence-electron chi connectivity index (χ1n) is 9.10. The van der Waals surface area contributed by atoms with Gasteiger partial charge in [0.15, 0.2) is 0 Å². The molecule has 1 fully saturated rings. The van der Waals surface area contributed by atoms with Crippen LogP contribution >= 0.6 is 0 Å². The van der Waals surface area contributed by atoms with Gasteiger partial charge in [-0.1, -0.05) is 39.3 Å². The molecule has 0 amide bonds. The number of hydrogen-bond acceptors (Lipinski definition) is 4. The number of benzene rings is 1. The molecule has 25 heavy (non-hydrogen) atoms. The first-order chi connectivity index (χ1) is 11.7. The van der Waals surface area contributed by atoms with E-state index in [1.54, 1.807) is 0 Å². The molecule has 0 spiro atoms. The van der Waals surface area contributed by atoms with E-state index in [9.17, 15) is 9.59 Å². The van der Waals surface area contributed by atoms with E-state index in [1.165, 1.54) is 13.5 Å². The van der Waals surface area contributed by atoms with Crippen LogP contribution in [0.3, 0.4) is 0 Å². The summed E-state index contributed by atoms with van der Waals surface area (Å²) in [6.07, 6.45) is 4.45. The number of carbonyl (C=O) groups is 2. The lowest BCUT2D eigenvalue weighted by Gasteiger charge is -2.44. The van der Waals surface area contributed by atoms with Gasteiger partial charge in [0, 0.05) is 5.56 Å². The van der Waals surface area contributed by atoms with E-state index in [-0.39, 0.29) is 29.4 Å². The van der Waals surface area contributed by atoms with E-state index < -0.39 is 5.92 Å². The van der Waals surface area contributed by atoms with Gasteiger partial charge in [0.05, 0.1) is 18.6 Å². The van der Waals surface area contributed by atoms with Crippen molar-refractivity contribution in [2.75, 3.05) is 7.11 Å². The Kier molecular flexibility index (Phi) is 4.42. The SMILES string of the molecule is COC(=O)C(C)c1c([C@]2(C)CCCC(C)(C)C2)ccc2c1C(=O)OC2. The monoisotopic (exact) mass is 344 g/mol. The quantitative estimate of drug-likeness (QED) is 0.758. The van der Waals surface area contributed by atoms with Crippen molar-refractivity contribution >= 4 is 11.9 Å². The molecular formula is C21H28O4. The van der Waals surface area contributed by atoms with Crippen LogP contribution in [-0.4, -0.2) is 19.0 Å². The molecule has 0 N–H and O–H groups in total. The van der Waals surface area contributed by atoms with Gasteiger partial charge in [0.25, 0.3) is 0 Å². The van der Waals surface area contributed by atoms with Gasteiger partial charge in [-0.2, -0.15) is 0 Å². The summed E-state index contributed by atoms with van der Waals surface area (Å²) in [5, 5.41) is 0. The number of cyclic esters (lactones) is 1. The van der Waals surface area contributed by atoms with Gasteiger partial charge in [-0.15, -0.1) is 0 Å². The Labute approximate surface area is 149 Å². The fourth-order valence-electron chi connectivity index (χ4n) is 4.93. The zero-order chi connectivity index (χ0) is 18.4. The van der Waals surface area contributed by atoms with Crippen LogP contribution in [0.25, 0.3) is 0 Å². The normalized spacial score (nSPS) is 25.9. The Morgan fingerprint density at radius 2 is 1.96 bits per heavy atom. The van der Waals surface area contributed by atoms with Gasteiger partial charge in [0.1, 0.15) is 6.61 Å². The molecule has 2 atom stereocenters. The average molecular weight is 344 g/mol. The topological polar surface area (TPSA) is 52.6 Å². The number of carbonyl (C=O) groups excluding carboxylic acids is 2. The fourth-order valence-corrected chi connectivity index (χ4v) is 4.93. The van der Waals surface area contributed by atoms with Crippen molar-refractivity contribution in [2.24, 2.45) is 5.41 Å². The Balaban J connectivity index is 2.19. The lowest BCUT2D eigenvalue weighted by molar-refractivity contribution is -0.142. The average Bonchev–Trinajstić information content (AvgIpc) is 2.93. The maximum Gasteiger partial charge on any atom is 0.339 e. The molecule has 1 aliphatic carbocycles. The molecular weight excluding hydrogens is 316 g/mol. The van der Waals surface area contributed by atoms with Crippen LogP contribution in [0.2, 0.25) is 0 Å². The van der Waals surface area contributed by atoms with Gasteiger partial charge in [-0.05, 0) is 48.1 Å². The van der Waals surface area contributed by atoms with E-state index >= 15 is 0 Å². The molecule has 0 aromatic heterocycles. The van der Waals surface area contributed by atoms with E-state index in [4.69, 9.17) is 9.47 Å². The Hall–Kier alpha value is -1.84. The summed E-state index contributed by atoms with van der Waals surface area (Å²) in [7, 11) is 1.39. The molecule has 0 radical (unpaired) electrons. The van der Waals surface area contributed by atoms with Crippen molar-refractivity contribution in [3.8, 4) is 0 Å². The first kappa shape index (κ1) is 18.0. The minimum atomic E-state index is -0.484. The van der Waals surface area contributed by atoms with Crippen LogP contribution in [0, 0.1) is 5.41 Å².